The summed E-state index contributed by atoms with van der Waals surface area (Å²) in [6.45, 7) is 7.91. The second-order valence-electron chi connectivity index (χ2n) is 7.02. The Labute approximate surface area is 155 Å². The highest BCUT2D eigenvalue weighted by Crippen LogP contribution is 2.15. The zero-order chi connectivity index (χ0) is 18.4. The van der Waals surface area contributed by atoms with E-state index < -0.39 is 0 Å². The molecule has 26 heavy (non-hydrogen) atoms. The number of aryl methyl sites for hydroxylation is 1. The monoisotopic (exact) mass is 355 g/mol. The van der Waals surface area contributed by atoms with Crippen LogP contribution in [0.4, 0.5) is 0 Å². The number of hydrogen-bond donors (Lipinski definition) is 1. The molecule has 6 nitrogen and oxygen atoms in total. The number of benzene rings is 1. The maximum Gasteiger partial charge on any atom is 0.251 e. The topological polar surface area (TPSA) is 63.1 Å². The number of nitrogens with one attached hydrogen (secondary N) is 1. The second-order valence-corrected chi connectivity index (χ2v) is 7.02. The molecular weight excluding hydrogens is 326 g/mol. The summed E-state index contributed by atoms with van der Waals surface area (Å²) in [6.07, 6.45) is 6.74. The number of hydrogen-bond acceptors (Lipinski definition) is 4. The molecule has 1 aromatic carbocycles. The number of amides is 1. The zero-order valence-electron chi connectivity index (χ0n) is 15.8. The molecular formula is C20H29N5O. The van der Waals surface area contributed by atoms with Gasteiger partial charge >= 0.3 is 0 Å². The molecule has 0 saturated carbocycles. The lowest BCUT2D eigenvalue weighted by Gasteiger charge is -2.20. The predicted molar refractivity (Wildman–Crippen MR) is 102 cm³/mol. The Morgan fingerprint density at radius 3 is 2.73 bits per heavy atom. The van der Waals surface area contributed by atoms with E-state index in [1.165, 1.54) is 37.6 Å². The molecule has 140 valence electrons. The summed E-state index contributed by atoms with van der Waals surface area (Å²) < 4.78 is 1.81. The fraction of sp³-hybridized carbons (Fsp3) is 0.550. The first-order chi connectivity index (χ1) is 12.7. The Balaban J connectivity index is 1.64. The fourth-order valence-electron chi connectivity index (χ4n) is 3.56. The fourth-order valence-corrected chi connectivity index (χ4v) is 3.56. The number of aromatic nitrogens is 3. The first-order valence-electron chi connectivity index (χ1n) is 9.67. The van der Waals surface area contributed by atoms with E-state index in [0.717, 1.165) is 32.0 Å². The van der Waals surface area contributed by atoms with E-state index in [9.17, 15) is 4.79 Å². The van der Waals surface area contributed by atoms with E-state index in [0.29, 0.717) is 5.56 Å². The molecule has 0 spiro atoms. The van der Waals surface area contributed by atoms with Gasteiger partial charge in [-0.05, 0) is 57.5 Å². The van der Waals surface area contributed by atoms with Crippen LogP contribution in [0.25, 0.3) is 0 Å². The molecule has 1 saturated heterocycles. The van der Waals surface area contributed by atoms with Gasteiger partial charge in [-0.25, -0.2) is 9.67 Å². The molecule has 1 aromatic heterocycles. The third-order valence-corrected chi connectivity index (χ3v) is 4.97. The molecule has 1 aliphatic rings. The standard InChI is InChI=1S/C20H29N5O/c1-3-25-19(21-15-22-25)16(2)23-20(26)18-10-8-9-17(13-18)14-24-11-6-4-5-7-12-24/h8-10,13,15-16H,3-7,11-12,14H2,1-2H3,(H,23,26)/t16-/m0/s1. The van der Waals surface area contributed by atoms with Gasteiger partial charge in [-0.2, -0.15) is 5.10 Å². The third-order valence-electron chi connectivity index (χ3n) is 4.97. The molecule has 6 heteroatoms. The smallest absolute Gasteiger partial charge is 0.251 e. The van der Waals surface area contributed by atoms with E-state index in [1.54, 1.807) is 4.68 Å². The van der Waals surface area contributed by atoms with Gasteiger partial charge in [-0.15, -0.1) is 0 Å². The van der Waals surface area contributed by atoms with Crippen molar-refractivity contribution in [2.75, 3.05) is 13.1 Å². The minimum atomic E-state index is -0.181. The number of carbonyl (C=O) groups excluding carboxylic acids is 1. The Morgan fingerprint density at radius 1 is 1.23 bits per heavy atom. The van der Waals surface area contributed by atoms with E-state index in [1.807, 2.05) is 32.0 Å². The first kappa shape index (κ1) is 18.6. The average Bonchev–Trinajstić information content (AvgIpc) is 2.99. The summed E-state index contributed by atoms with van der Waals surface area (Å²) in [6, 6.07) is 7.79. The number of carbonyl (C=O) groups is 1. The lowest BCUT2D eigenvalue weighted by molar-refractivity contribution is 0.0937. The Hall–Kier alpha value is -2.21. The molecule has 0 unspecified atom stereocenters. The van der Waals surface area contributed by atoms with E-state index in [2.05, 4.69) is 26.4 Å². The van der Waals surface area contributed by atoms with Crippen molar-refractivity contribution in [2.45, 2.75) is 58.7 Å². The van der Waals surface area contributed by atoms with Crippen LogP contribution in [0.2, 0.25) is 0 Å². The summed E-state index contributed by atoms with van der Waals surface area (Å²) in [5, 5.41) is 7.21. The maximum atomic E-state index is 12.7. The number of rotatable bonds is 6. The molecule has 1 N–H and O–H groups in total. The first-order valence-corrected chi connectivity index (χ1v) is 9.67. The lowest BCUT2D eigenvalue weighted by atomic mass is 10.1. The van der Waals surface area contributed by atoms with Crippen LogP contribution in [0.15, 0.2) is 30.6 Å². The van der Waals surface area contributed by atoms with Crippen molar-refractivity contribution in [1.29, 1.82) is 0 Å². The summed E-state index contributed by atoms with van der Waals surface area (Å²) in [5.74, 6) is 0.711. The van der Waals surface area contributed by atoms with Crippen molar-refractivity contribution in [2.24, 2.45) is 0 Å². The minimum absolute atomic E-state index is 0.0686. The second kappa shape index (κ2) is 8.94. The van der Waals surface area contributed by atoms with Crippen LogP contribution in [0.3, 0.4) is 0 Å². The molecule has 3 rings (SSSR count). The van der Waals surface area contributed by atoms with E-state index in [-0.39, 0.29) is 11.9 Å². The molecule has 1 amide bonds. The van der Waals surface area contributed by atoms with Gasteiger partial charge in [-0.3, -0.25) is 9.69 Å². The van der Waals surface area contributed by atoms with Crippen molar-refractivity contribution in [3.8, 4) is 0 Å². The summed E-state index contributed by atoms with van der Waals surface area (Å²) in [4.78, 5) is 19.4. The highest BCUT2D eigenvalue weighted by Gasteiger charge is 2.17. The van der Waals surface area contributed by atoms with Gasteiger partial charge in [0.2, 0.25) is 0 Å². The van der Waals surface area contributed by atoms with Crippen LogP contribution in [-0.4, -0.2) is 38.7 Å². The largest absolute Gasteiger partial charge is 0.342 e. The van der Waals surface area contributed by atoms with Gasteiger partial charge in [-0.1, -0.05) is 25.0 Å². The van der Waals surface area contributed by atoms with E-state index in [4.69, 9.17) is 0 Å². The Bertz CT molecular complexity index is 718. The third kappa shape index (κ3) is 4.69. The quantitative estimate of drug-likeness (QED) is 0.864. The highest BCUT2D eigenvalue weighted by atomic mass is 16.1. The van der Waals surface area contributed by atoms with Crippen molar-refractivity contribution in [3.63, 3.8) is 0 Å². The van der Waals surface area contributed by atoms with Gasteiger partial charge < -0.3 is 5.32 Å². The normalized spacial score (nSPS) is 16.8. The lowest BCUT2D eigenvalue weighted by Crippen LogP contribution is -2.29. The summed E-state index contributed by atoms with van der Waals surface area (Å²) >= 11 is 0. The SMILES string of the molecule is CCn1ncnc1[C@H](C)NC(=O)c1cccc(CN2CCCCCC2)c1. The van der Waals surface area contributed by atoms with Crippen LogP contribution >= 0.6 is 0 Å². The maximum absolute atomic E-state index is 12.7. The molecule has 2 aromatic rings. The van der Waals surface area contributed by atoms with Crippen molar-refractivity contribution in [1.82, 2.24) is 25.0 Å². The van der Waals surface area contributed by atoms with Crippen LogP contribution in [0.5, 0.6) is 0 Å². The molecule has 2 heterocycles. The van der Waals surface area contributed by atoms with Gasteiger partial charge in [0.05, 0.1) is 6.04 Å². The van der Waals surface area contributed by atoms with Crippen molar-refractivity contribution in [3.05, 3.63) is 47.5 Å². The number of nitrogens with zero attached hydrogens (tertiary/aromatic N) is 4. The summed E-state index contributed by atoms with van der Waals surface area (Å²) in [7, 11) is 0. The van der Waals surface area contributed by atoms with Crippen LogP contribution < -0.4 is 5.32 Å². The molecule has 1 aliphatic heterocycles. The average molecular weight is 355 g/mol. The van der Waals surface area contributed by atoms with Crippen LogP contribution in [0, 0.1) is 0 Å². The van der Waals surface area contributed by atoms with Gasteiger partial charge in [0.25, 0.3) is 5.91 Å². The highest BCUT2D eigenvalue weighted by molar-refractivity contribution is 5.94. The van der Waals surface area contributed by atoms with Gasteiger partial charge in [0.1, 0.15) is 12.2 Å². The van der Waals surface area contributed by atoms with E-state index >= 15 is 0 Å². The molecule has 1 atom stereocenters. The van der Waals surface area contributed by atoms with Crippen LogP contribution in [0.1, 0.15) is 67.3 Å². The molecule has 1 fully saturated rings. The summed E-state index contributed by atoms with van der Waals surface area (Å²) in [5.41, 5.74) is 1.90. The molecule has 0 bridgehead atoms. The zero-order valence-corrected chi connectivity index (χ0v) is 15.8. The predicted octanol–water partition coefficient (Wildman–Crippen LogP) is 3.17. The van der Waals surface area contributed by atoms with Crippen molar-refractivity contribution < 1.29 is 4.79 Å². The molecule has 0 radical (unpaired) electrons. The van der Waals surface area contributed by atoms with Crippen molar-refractivity contribution >= 4 is 5.91 Å². The molecule has 0 aliphatic carbocycles. The Kier molecular flexibility index (Phi) is 6.39. The Morgan fingerprint density at radius 2 is 2.00 bits per heavy atom. The minimum Gasteiger partial charge on any atom is -0.342 e. The van der Waals surface area contributed by atoms with Gasteiger partial charge in [0.15, 0.2) is 0 Å². The van der Waals surface area contributed by atoms with Gasteiger partial charge in [0, 0.05) is 18.7 Å². The number of likely N-dealkylation sites (tertiary alicyclic amines) is 1. The van der Waals surface area contributed by atoms with Crippen LogP contribution in [-0.2, 0) is 13.1 Å².